The fourth-order valence-corrected chi connectivity index (χ4v) is 2.77. The smallest absolute Gasteiger partial charge is 0.277 e. The first-order valence-electron chi connectivity index (χ1n) is 9.73. The molecule has 0 atom stereocenters. The predicted molar refractivity (Wildman–Crippen MR) is 116 cm³/mol. The number of hydrogen-bond donors (Lipinski definition) is 1. The third kappa shape index (κ3) is 6.41. The molecule has 1 N–H and O–H groups in total. The van der Waals surface area contributed by atoms with E-state index in [0.29, 0.717) is 5.75 Å². The lowest BCUT2D eigenvalue weighted by atomic mass is 9.87. The molecule has 0 aromatic heterocycles. The average molecular weight is 382 g/mol. The summed E-state index contributed by atoms with van der Waals surface area (Å²) in [5.41, 5.74) is 5.91. The summed E-state index contributed by atoms with van der Waals surface area (Å²) in [7, 11) is 0. The largest absolute Gasteiger partial charge is 0.484 e. The Bertz CT molecular complexity index is 771. The molecule has 1 amide bonds. The number of ether oxygens (including phenoxy) is 1. The quantitative estimate of drug-likeness (QED) is 0.546. The van der Waals surface area contributed by atoms with Gasteiger partial charge < -0.3 is 9.64 Å². The normalized spacial score (nSPS) is 11.5. The van der Waals surface area contributed by atoms with Gasteiger partial charge in [0.25, 0.3) is 5.91 Å². The molecule has 0 bridgehead atoms. The second-order valence-corrected chi connectivity index (χ2v) is 7.62. The van der Waals surface area contributed by atoms with Crippen molar-refractivity contribution in [2.45, 2.75) is 40.0 Å². The summed E-state index contributed by atoms with van der Waals surface area (Å²) in [5, 5.41) is 4.00. The van der Waals surface area contributed by atoms with Crippen molar-refractivity contribution in [3.8, 4) is 5.75 Å². The molecule has 0 aliphatic heterocycles. The van der Waals surface area contributed by atoms with Crippen LogP contribution in [0.4, 0.5) is 5.69 Å². The number of amides is 1. The van der Waals surface area contributed by atoms with Gasteiger partial charge in [-0.05, 0) is 54.7 Å². The van der Waals surface area contributed by atoms with Gasteiger partial charge in [-0.25, -0.2) is 5.43 Å². The molecule has 0 spiro atoms. The fraction of sp³-hybridized carbons (Fsp3) is 0.391. The summed E-state index contributed by atoms with van der Waals surface area (Å²) in [4.78, 5) is 14.2. The molecular formula is C23H31N3O2. The van der Waals surface area contributed by atoms with Crippen molar-refractivity contribution in [3.05, 3.63) is 59.7 Å². The van der Waals surface area contributed by atoms with Gasteiger partial charge in [-0.15, -0.1) is 0 Å². The molecular weight excluding hydrogens is 350 g/mol. The first kappa shape index (κ1) is 21.5. The van der Waals surface area contributed by atoms with Gasteiger partial charge in [0, 0.05) is 18.8 Å². The number of anilines is 1. The summed E-state index contributed by atoms with van der Waals surface area (Å²) < 4.78 is 5.51. The Labute approximate surface area is 168 Å². The predicted octanol–water partition coefficient (Wildman–Crippen LogP) is 4.36. The van der Waals surface area contributed by atoms with Crippen molar-refractivity contribution in [1.82, 2.24) is 5.43 Å². The number of nitrogens with one attached hydrogen (secondary N) is 1. The second kappa shape index (κ2) is 9.93. The highest BCUT2D eigenvalue weighted by molar-refractivity contribution is 5.83. The molecule has 5 heteroatoms. The zero-order valence-electron chi connectivity index (χ0n) is 17.5. The number of benzene rings is 2. The van der Waals surface area contributed by atoms with E-state index in [0.717, 1.165) is 18.7 Å². The Kier molecular flexibility index (Phi) is 7.61. The molecule has 0 saturated heterocycles. The van der Waals surface area contributed by atoms with Gasteiger partial charge in [-0.2, -0.15) is 5.10 Å². The summed E-state index contributed by atoms with van der Waals surface area (Å²) >= 11 is 0. The van der Waals surface area contributed by atoms with Gasteiger partial charge in [-0.3, -0.25) is 4.79 Å². The molecule has 150 valence electrons. The summed E-state index contributed by atoms with van der Waals surface area (Å²) in [6, 6.07) is 15.9. The van der Waals surface area contributed by atoms with Crippen molar-refractivity contribution >= 4 is 17.8 Å². The number of carbonyl (C=O) groups is 1. The third-order valence-corrected chi connectivity index (χ3v) is 4.51. The van der Waals surface area contributed by atoms with Gasteiger partial charge in [0.05, 0.1) is 6.21 Å². The van der Waals surface area contributed by atoms with E-state index < -0.39 is 0 Å². The monoisotopic (exact) mass is 381 g/mol. The lowest BCUT2D eigenvalue weighted by Crippen LogP contribution is -2.24. The topological polar surface area (TPSA) is 53.9 Å². The van der Waals surface area contributed by atoms with Crippen LogP contribution in [0.3, 0.4) is 0 Å². The summed E-state index contributed by atoms with van der Waals surface area (Å²) in [6.07, 6.45) is 1.63. The third-order valence-electron chi connectivity index (χ3n) is 4.51. The second-order valence-electron chi connectivity index (χ2n) is 7.62. The minimum absolute atomic E-state index is 0.0763. The van der Waals surface area contributed by atoms with Crippen LogP contribution in [0.15, 0.2) is 53.6 Å². The minimum Gasteiger partial charge on any atom is -0.484 e. The lowest BCUT2D eigenvalue weighted by Gasteiger charge is -2.20. The standard InChI is InChI=1S/C23H31N3O2/c1-6-26(7-2)20-12-8-18(9-13-20)16-24-25-22(27)17-28-21-14-10-19(11-15-21)23(3,4)5/h8-16H,6-7,17H2,1-5H3,(H,25,27)/b24-16-. The van der Waals surface area contributed by atoms with Crippen molar-refractivity contribution in [3.63, 3.8) is 0 Å². The maximum atomic E-state index is 11.9. The Balaban J connectivity index is 1.80. The highest BCUT2D eigenvalue weighted by Gasteiger charge is 2.13. The number of hydrogen-bond acceptors (Lipinski definition) is 4. The van der Waals surface area contributed by atoms with E-state index in [-0.39, 0.29) is 17.9 Å². The van der Waals surface area contributed by atoms with Crippen LogP contribution in [0, 0.1) is 0 Å². The number of hydrazone groups is 1. The molecule has 5 nitrogen and oxygen atoms in total. The lowest BCUT2D eigenvalue weighted by molar-refractivity contribution is -0.123. The first-order chi connectivity index (χ1) is 13.3. The van der Waals surface area contributed by atoms with Crippen molar-refractivity contribution in [1.29, 1.82) is 0 Å². The van der Waals surface area contributed by atoms with Crippen LogP contribution < -0.4 is 15.1 Å². The summed E-state index contributed by atoms with van der Waals surface area (Å²) in [6.45, 7) is 12.6. The van der Waals surface area contributed by atoms with Crippen molar-refractivity contribution < 1.29 is 9.53 Å². The van der Waals surface area contributed by atoms with Crippen LogP contribution in [-0.4, -0.2) is 31.8 Å². The molecule has 0 aliphatic carbocycles. The van der Waals surface area contributed by atoms with Gasteiger partial charge >= 0.3 is 0 Å². The van der Waals surface area contributed by atoms with Crippen LogP contribution in [0.1, 0.15) is 45.7 Å². The number of rotatable bonds is 8. The van der Waals surface area contributed by atoms with Gasteiger partial charge in [0.15, 0.2) is 6.61 Å². The molecule has 2 aromatic rings. The van der Waals surface area contributed by atoms with E-state index in [1.807, 2.05) is 36.4 Å². The summed E-state index contributed by atoms with van der Waals surface area (Å²) in [5.74, 6) is 0.370. The highest BCUT2D eigenvalue weighted by atomic mass is 16.5. The molecule has 0 fully saturated rings. The molecule has 0 aliphatic rings. The van der Waals surface area contributed by atoms with E-state index in [1.54, 1.807) is 6.21 Å². The van der Waals surface area contributed by atoms with Crippen LogP contribution >= 0.6 is 0 Å². The zero-order valence-corrected chi connectivity index (χ0v) is 17.5. The Hall–Kier alpha value is -2.82. The number of carbonyl (C=O) groups excluding carboxylic acids is 1. The average Bonchev–Trinajstić information content (AvgIpc) is 2.68. The molecule has 0 saturated carbocycles. The van der Waals surface area contributed by atoms with Crippen LogP contribution in [0.5, 0.6) is 5.75 Å². The van der Waals surface area contributed by atoms with E-state index >= 15 is 0 Å². The van der Waals surface area contributed by atoms with E-state index in [9.17, 15) is 4.79 Å². The Morgan fingerprint density at radius 3 is 2.18 bits per heavy atom. The van der Waals surface area contributed by atoms with Crippen molar-refractivity contribution in [2.75, 3.05) is 24.6 Å². The zero-order chi connectivity index (χ0) is 20.6. The Morgan fingerprint density at radius 1 is 1.04 bits per heavy atom. The van der Waals surface area contributed by atoms with Gasteiger partial charge in [-0.1, -0.05) is 45.0 Å². The van der Waals surface area contributed by atoms with Crippen molar-refractivity contribution in [2.24, 2.45) is 5.10 Å². The van der Waals surface area contributed by atoms with E-state index in [4.69, 9.17) is 4.74 Å². The maximum absolute atomic E-state index is 11.9. The first-order valence-corrected chi connectivity index (χ1v) is 9.73. The highest BCUT2D eigenvalue weighted by Crippen LogP contribution is 2.24. The minimum atomic E-state index is -0.295. The number of nitrogens with zero attached hydrogens (tertiary/aromatic N) is 2. The Morgan fingerprint density at radius 2 is 1.64 bits per heavy atom. The SMILES string of the molecule is CCN(CC)c1ccc(/C=N\NC(=O)COc2ccc(C(C)(C)C)cc2)cc1. The van der Waals surface area contributed by atoms with Gasteiger partial charge in [0.2, 0.25) is 0 Å². The molecule has 28 heavy (non-hydrogen) atoms. The van der Waals surface area contributed by atoms with Crippen LogP contribution in [0.2, 0.25) is 0 Å². The maximum Gasteiger partial charge on any atom is 0.277 e. The molecule has 2 aromatic carbocycles. The fourth-order valence-electron chi connectivity index (χ4n) is 2.77. The van der Waals surface area contributed by atoms with E-state index in [2.05, 4.69) is 62.2 Å². The molecule has 0 radical (unpaired) electrons. The van der Waals surface area contributed by atoms with Gasteiger partial charge in [0.1, 0.15) is 5.75 Å². The van der Waals surface area contributed by atoms with E-state index in [1.165, 1.54) is 11.3 Å². The van der Waals surface area contributed by atoms with Crippen LogP contribution in [-0.2, 0) is 10.2 Å². The molecule has 0 unspecified atom stereocenters. The van der Waals surface area contributed by atoms with Crippen LogP contribution in [0.25, 0.3) is 0 Å². The molecule has 0 heterocycles. The molecule has 2 rings (SSSR count).